The van der Waals surface area contributed by atoms with Crippen LogP contribution in [0.3, 0.4) is 0 Å². The van der Waals surface area contributed by atoms with Gasteiger partial charge in [-0.1, -0.05) is 44.0 Å². The summed E-state index contributed by atoms with van der Waals surface area (Å²) in [6, 6.07) is 7.71. The zero-order valence-corrected chi connectivity index (χ0v) is 21.4. The maximum Gasteiger partial charge on any atom is 0.426 e. The fourth-order valence-electron chi connectivity index (χ4n) is 4.52. The minimum absolute atomic E-state index is 0.0683. The smallest absolute Gasteiger partial charge is 0.416 e. The Morgan fingerprint density at radius 3 is 2.33 bits per heavy atom. The number of fused-ring (bicyclic) bond motifs is 5. The molecule has 0 saturated carbocycles. The standard InChI is InChI=1S/C26H27F6N5O3/c1-2-6-15-7-9-16(10-8-15)14-37-12-5-3-4-11-24(39,26(30,31)32)23-36-35-21(40-23)20-18(33)13-17(25(27,28)29)19(34-20)22(37)38/h7-10,13,39H,2-6,11-12,14,33H2,1H3/t24-/m1/s1. The average molecular weight is 572 g/mol. The Balaban J connectivity index is 1.82. The highest BCUT2D eigenvalue weighted by molar-refractivity contribution is 5.95. The SMILES string of the molecule is CCCc1ccc(CN2CCCCC[C@](O)(C(F)(F)F)c3nnc(o3)-c3nc(c(C(F)(F)F)cc3N)C2=O)cc1. The number of pyridine rings is 1. The van der Waals surface area contributed by atoms with Gasteiger partial charge in [0.1, 0.15) is 5.69 Å². The summed E-state index contributed by atoms with van der Waals surface area (Å²) in [5.41, 5.74) is 0.274. The number of nitrogens with two attached hydrogens (primary N) is 1. The first kappa shape index (κ1) is 29.3. The number of aryl methyl sites for hydroxylation is 1. The molecule has 0 unspecified atom stereocenters. The van der Waals surface area contributed by atoms with Gasteiger partial charge in [-0.3, -0.25) is 4.79 Å². The molecule has 0 fully saturated rings. The molecule has 40 heavy (non-hydrogen) atoms. The lowest BCUT2D eigenvalue weighted by Crippen LogP contribution is -2.42. The van der Waals surface area contributed by atoms with E-state index in [-0.39, 0.29) is 32.4 Å². The predicted molar refractivity (Wildman–Crippen MR) is 131 cm³/mol. The molecule has 0 saturated heterocycles. The van der Waals surface area contributed by atoms with Crippen LogP contribution in [0.4, 0.5) is 32.0 Å². The van der Waals surface area contributed by atoms with Crippen LogP contribution in [0.25, 0.3) is 11.6 Å². The van der Waals surface area contributed by atoms with E-state index in [1.165, 1.54) is 0 Å². The number of halogens is 6. The van der Waals surface area contributed by atoms with Gasteiger partial charge in [0.2, 0.25) is 5.60 Å². The summed E-state index contributed by atoms with van der Waals surface area (Å²) in [7, 11) is 0. The molecule has 4 rings (SSSR count). The molecule has 1 aromatic carbocycles. The molecule has 4 bridgehead atoms. The predicted octanol–water partition coefficient (Wildman–Crippen LogP) is 5.65. The maximum absolute atomic E-state index is 14.0. The molecule has 216 valence electrons. The Morgan fingerprint density at radius 1 is 1.02 bits per heavy atom. The number of aromatic nitrogens is 3. The van der Waals surface area contributed by atoms with Gasteiger partial charge in [-0.05, 0) is 42.9 Å². The van der Waals surface area contributed by atoms with Gasteiger partial charge in [0.05, 0.1) is 11.3 Å². The number of benzene rings is 1. The summed E-state index contributed by atoms with van der Waals surface area (Å²) in [6.45, 7) is 1.88. The number of alkyl halides is 6. The van der Waals surface area contributed by atoms with Crippen LogP contribution < -0.4 is 5.73 Å². The van der Waals surface area contributed by atoms with E-state index in [2.05, 4.69) is 15.2 Å². The topological polar surface area (TPSA) is 118 Å². The van der Waals surface area contributed by atoms with Gasteiger partial charge in [0.15, 0.2) is 5.69 Å². The number of anilines is 1. The van der Waals surface area contributed by atoms with Gasteiger partial charge in [0, 0.05) is 13.1 Å². The summed E-state index contributed by atoms with van der Waals surface area (Å²) in [5.74, 6) is -3.02. The van der Waals surface area contributed by atoms with Crippen LogP contribution in [0, 0.1) is 0 Å². The van der Waals surface area contributed by atoms with Crippen LogP contribution in [0.15, 0.2) is 34.7 Å². The van der Waals surface area contributed by atoms with E-state index in [0.717, 1.165) is 23.3 Å². The van der Waals surface area contributed by atoms with Gasteiger partial charge >= 0.3 is 12.4 Å². The quantitative estimate of drug-likeness (QED) is 0.389. The molecular weight excluding hydrogens is 544 g/mol. The van der Waals surface area contributed by atoms with Crippen molar-refractivity contribution in [1.29, 1.82) is 0 Å². The van der Waals surface area contributed by atoms with Crippen LogP contribution in [0.5, 0.6) is 0 Å². The molecule has 0 aliphatic carbocycles. The summed E-state index contributed by atoms with van der Waals surface area (Å²) in [6.07, 6.45) is -9.17. The fraction of sp³-hybridized carbons (Fsp3) is 0.462. The van der Waals surface area contributed by atoms with Gasteiger partial charge < -0.3 is 20.2 Å². The monoisotopic (exact) mass is 571 g/mol. The van der Waals surface area contributed by atoms with E-state index >= 15 is 0 Å². The zero-order chi connectivity index (χ0) is 29.3. The normalized spacial score (nSPS) is 19.0. The number of carbonyl (C=O) groups is 1. The lowest BCUT2D eigenvalue weighted by atomic mass is 9.95. The minimum Gasteiger partial charge on any atom is -0.416 e. The number of carbonyl (C=O) groups excluding carboxylic acids is 1. The third-order valence-corrected chi connectivity index (χ3v) is 6.70. The highest BCUT2D eigenvalue weighted by Crippen LogP contribution is 2.43. The van der Waals surface area contributed by atoms with Gasteiger partial charge in [-0.2, -0.15) is 26.3 Å². The Labute approximate surface area is 225 Å². The van der Waals surface area contributed by atoms with Crippen molar-refractivity contribution in [3.05, 3.63) is 58.6 Å². The second-order valence-corrected chi connectivity index (χ2v) is 9.69. The second-order valence-electron chi connectivity index (χ2n) is 9.69. The lowest BCUT2D eigenvalue weighted by molar-refractivity contribution is -0.277. The molecular formula is C26H27F6N5O3. The number of amides is 1. The largest absolute Gasteiger partial charge is 0.426 e. The van der Waals surface area contributed by atoms with Crippen LogP contribution >= 0.6 is 0 Å². The lowest BCUT2D eigenvalue weighted by Gasteiger charge is -2.27. The Morgan fingerprint density at radius 2 is 1.70 bits per heavy atom. The molecule has 1 aliphatic heterocycles. The second kappa shape index (κ2) is 11.1. The highest BCUT2D eigenvalue weighted by Gasteiger charge is 2.58. The first-order valence-electron chi connectivity index (χ1n) is 12.6. The molecule has 0 radical (unpaired) electrons. The molecule has 14 heteroatoms. The average Bonchev–Trinajstić information content (AvgIpc) is 3.37. The van der Waals surface area contributed by atoms with Crippen LogP contribution in [-0.4, -0.2) is 43.8 Å². The molecule has 8 nitrogen and oxygen atoms in total. The number of nitrogens with zero attached hydrogens (tertiary/aromatic N) is 4. The van der Waals surface area contributed by atoms with Crippen molar-refractivity contribution in [3.8, 4) is 11.6 Å². The van der Waals surface area contributed by atoms with Crippen molar-refractivity contribution >= 4 is 11.6 Å². The molecule has 0 spiro atoms. The van der Waals surface area contributed by atoms with E-state index in [1.807, 2.05) is 19.1 Å². The Bertz CT molecular complexity index is 1360. The van der Waals surface area contributed by atoms with Crippen molar-refractivity contribution < 1.29 is 40.7 Å². The number of rotatable bonds is 4. The minimum atomic E-state index is -5.19. The molecule has 3 N–H and O–H groups in total. The number of hydrogen-bond acceptors (Lipinski definition) is 7. The summed E-state index contributed by atoms with van der Waals surface area (Å²) in [4.78, 5) is 18.6. The number of nitrogen functional groups attached to an aromatic ring is 1. The van der Waals surface area contributed by atoms with Crippen molar-refractivity contribution in [2.75, 3.05) is 12.3 Å². The van der Waals surface area contributed by atoms with Crippen LogP contribution in [0.2, 0.25) is 0 Å². The molecule has 3 aromatic rings. The van der Waals surface area contributed by atoms with E-state index in [1.54, 1.807) is 12.1 Å². The zero-order valence-electron chi connectivity index (χ0n) is 21.4. The summed E-state index contributed by atoms with van der Waals surface area (Å²) < 4.78 is 88.7. The molecule has 2 aromatic heterocycles. The third kappa shape index (κ3) is 5.91. The van der Waals surface area contributed by atoms with E-state index in [4.69, 9.17) is 10.2 Å². The molecule has 1 amide bonds. The van der Waals surface area contributed by atoms with E-state index in [0.29, 0.717) is 11.6 Å². The first-order valence-corrected chi connectivity index (χ1v) is 12.6. The Hall–Kier alpha value is -3.68. The van der Waals surface area contributed by atoms with Crippen LogP contribution in [0.1, 0.15) is 72.1 Å². The maximum atomic E-state index is 14.0. The highest BCUT2D eigenvalue weighted by atomic mass is 19.4. The molecule has 1 atom stereocenters. The molecule has 1 aliphatic rings. The number of hydrogen-bond donors (Lipinski definition) is 2. The van der Waals surface area contributed by atoms with Crippen molar-refractivity contribution in [2.24, 2.45) is 0 Å². The van der Waals surface area contributed by atoms with Crippen molar-refractivity contribution in [2.45, 2.75) is 69.9 Å². The summed E-state index contributed by atoms with van der Waals surface area (Å²) in [5, 5.41) is 17.3. The van der Waals surface area contributed by atoms with Crippen LogP contribution in [-0.2, 0) is 24.7 Å². The molecule has 3 heterocycles. The summed E-state index contributed by atoms with van der Waals surface area (Å²) >= 11 is 0. The van der Waals surface area contributed by atoms with E-state index < -0.39 is 64.7 Å². The fourth-order valence-corrected chi connectivity index (χ4v) is 4.52. The van der Waals surface area contributed by atoms with Gasteiger partial charge in [-0.15, -0.1) is 10.2 Å². The van der Waals surface area contributed by atoms with Crippen molar-refractivity contribution in [3.63, 3.8) is 0 Å². The van der Waals surface area contributed by atoms with Gasteiger partial charge in [0.25, 0.3) is 17.7 Å². The van der Waals surface area contributed by atoms with Gasteiger partial charge in [-0.25, -0.2) is 4.98 Å². The Kier molecular flexibility index (Phi) is 8.11. The first-order chi connectivity index (χ1) is 18.7. The third-order valence-electron chi connectivity index (χ3n) is 6.70. The van der Waals surface area contributed by atoms with Crippen molar-refractivity contribution in [1.82, 2.24) is 20.1 Å². The van der Waals surface area contributed by atoms with E-state index in [9.17, 15) is 36.2 Å². The number of aliphatic hydroxyl groups is 1.